The molecular weight excluding hydrogens is 592 g/mol. The Balaban J connectivity index is 1.60. The van der Waals surface area contributed by atoms with Crippen LogP contribution in [-0.4, -0.2) is 197 Å². The minimum absolute atomic E-state index is 0.373. The standard InChI is InChI=1S/C31H64N2O12/c1-33(2)7-8-34-9-10-35-11-12-36-13-14-37-15-16-38-17-18-39-19-20-40-21-22-41-23-24-42-25-26-43-27-28-44-29-30-45-31-3-5-32-6-4-31/h31-32H,3-30H2,1-2H3. The van der Waals surface area contributed by atoms with E-state index in [1.807, 2.05) is 14.1 Å². The Morgan fingerprint density at radius 2 is 0.622 bits per heavy atom. The van der Waals surface area contributed by atoms with E-state index in [4.69, 9.17) is 56.8 Å². The second-order valence-electron chi connectivity index (χ2n) is 10.4. The molecule has 45 heavy (non-hydrogen) atoms. The quantitative estimate of drug-likeness (QED) is 0.0933. The van der Waals surface area contributed by atoms with Crippen molar-refractivity contribution in [2.75, 3.05) is 186 Å². The average Bonchev–Trinajstić information content (AvgIpc) is 3.05. The van der Waals surface area contributed by atoms with Gasteiger partial charge in [-0.3, -0.25) is 0 Å². The van der Waals surface area contributed by atoms with Gasteiger partial charge in [0.25, 0.3) is 0 Å². The lowest BCUT2D eigenvalue weighted by Crippen LogP contribution is -2.33. The van der Waals surface area contributed by atoms with Crippen molar-refractivity contribution in [2.24, 2.45) is 0 Å². The molecule has 0 saturated carbocycles. The lowest BCUT2D eigenvalue weighted by atomic mass is 10.1. The molecule has 0 amide bonds. The van der Waals surface area contributed by atoms with E-state index in [1.54, 1.807) is 0 Å². The van der Waals surface area contributed by atoms with Crippen molar-refractivity contribution in [3.63, 3.8) is 0 Å². The summed E-state index contributed by atoms with van der Waals surface area (Å²) in [5.41, 5.74) is 0. The molecule has 0 radical (unpaired) electrons. The average molecular weight is 657 g/mol. The SMILES string of the molecule is CN(C)CCOCCOCCOCCOCCOCCOCCOCCOCCOCCOCCOCCOC1CCNCC1. The van der Waals surface area contributed by atoms with Gasteiger partial charge in [0.2, 0.25) is 0 Å². The van der Waals surface area contributed by atoms with Gasteiger partial charge in [0, 0.05) is 6.54 Å². The van der Waals surface area contributed by atoms with Crippen molar-refractivity contribution in [2.45, 2.75) is 18.9 Å². The zero-order chi connectivity index (χ0) is 32.1. The Hall–Kier alpha value is -0.560. The lowest BCUT2D eigenvalue weighted by molar-refractivity contribution is -0.0326. The Morgan fingerprint density at radius 1 is 0.378 bits per heavy atom. The van der Waals surface area contributed by atoms with Crippen molar-refractivity contribution < 1.29 is 56.8 Å². The first-order valence-corrected chi connectivity index (χ1v) is 16.6. The highest BCUT2D eigenvalue weighted by atomic mass is 16.6. The lowest BCUT2D eigenvalue weighted by Gasteiger charge is -2.22. The summed E-state index contributed by atoms with van der Waals surface area (Å²) in [5.74, 6) is 0. The van der Waals surface area contributed by atoms with Gasteiger partial charge in [0.05, 0.1) is 158 Å². The van der Waals surface area contributed by atoms with Crippen LogP contribution in [0.5, 0.6) is 0 Å². The fourth-order valence-electron chi connectivity index (χ4n) is 3.78. The molecule has 1 saturated heterocycles. The largest absolute Gasteiger partial charge is 0.378 e. The molecule has 0 unspecified atom stereocenters. The molecule has 0 aliphatic carbocycles. The topological polar surface area (TPSA) is 126 Å². The summed E-state index contributed by atoms with van der Waals surface area (Å²) in [6, 6.07) is 0. The first-order valence-electron chi connectivity index (χ1n) is 16.6. The zero-order valence-electron chi connectivity index (χ0n) is 28.2. The fraction of sp³-hybridized carbons (Fsp3) is 1.00. The number of piperidine rings is 1. The van der Waals surface area contributed by atoms with Crippen LogP contribution in [0.1, 0.15) is 12.8 Å². The smallest absolute Gasteiger partial charge is 0.0704 e. The summed E-state index contributed by atoms with van der Waals surface area (Å²) in [7, 11) is 4.04. The highest BCUT2D eigenvalue weighted by molar-refractivity contribution is 4.67. The van der Waals surface area contributed by atoms with Gasteiger partial charge in [0.15, 0.2) is 0 Å². The highest BCUT2D eigenvalue weighted by Gasteiger charge is 2.12. The second-order valence-corrected chi connectivity index (χ2v) is 10.4. The van der Waals surface area contributed by atoms with Crippen LogP contribution in [0.3, 0.4) is 0 Å². The monoisotopic (exact) mass is 656 g/mol. The van der Waals surface area contributed by atoms with Crippen molar-refractivity contribution in [3.05, 3.63) is 0 Å². The first-order chi connectivity index (χ1) is 22.3. The minimum atomic E-state index is 0.373. The van der Waals surface area contributed by atoms with Gasteiger partial charge in [-0.25, -0.2) is 0 Å². The molecule has 14 nitrogen and oxygen atoms in total. The van der Waals surface area contributed by atoms with Crippen LogP contribution >= 0.6 is 0 Å². The molecule has 0 atom stereocenters. The maximum atomic E-state index is 5.79. The van der Waals surface area contributed by atoms with E-state index >= 15 is 0 Å². The Labute approximate surface area is 271 Å². The van der Waals surface area contributed by atoms with Gasteiger partial charge in [-0.1, -0.05) is 0 Å². The van der Waals surface area contributed by atoms with E-state index < -0.39 is 0 Å². The third kappa shape index (κ3) is 34.6. The minimum Gasteiger partial charge on any atom is -0.378 e. The third-order valence-corrected chi connectivity index (χ3v) is 6.27. The van der Waals surface area contributed by atoms with E-state index in [2.05, 4.69) is 10.2 Å². The van der Waals surface area contributed by atoms with Crippen LogP contribution < -0.4 is 5.32 Å². The summed E-state index contributed by atoms with van der Waals surface area (Å²) < 4.78 is 66.1. The van der Waals surface area contributed by atoms with Gasteiger partial charge in [-0.2, -0.15) is 0 Å². The number of hydrogen-bond acceptors (Lipinski definition) is 14. The van der Waals surface area contributed by atoms with Crippen LogP contribution in [-0.2, 0) is 56.8 Å². The van der Waals surface area contributed by atoms with Crippen LogP contribution in [0.15, 0.2) is 0 Å². The molecular formula is C31H64N2O12. The summed E-state index contributed by atoms with van der Waals surface area (Å²) in [6.45, 7) is 15.7. The Morgan fingerprint density at radius 3 is 0.889 bits per heavy atom. The van der Waals surface area contributed by atoms with Gasteiger partial charge < -0.3 is 67.1 Å². The predicted molar refractivity (Wildman–Crippen MR) is 169 cm³/mol. The first kappa shape index (κ1) is 42.5. The zero-order valence-corrected chi connectivity index (χ0v) is 28.2. The summed E-state index contributed by atoms with van der Waals surface area (Å²) >= 11 is 0. The number of hydrogen-bond donors (Lipinski definition) is 1. The molecule has 1 heterocycles. The van der Waals surface area contributed by atoms with Crippen molar-refractivity contribution in [1.82, 2.24) is 10.2 Å². The Bertz CT molecular complexity index is 563. The van der Waals surface area contributed by atoms with E-state index in [0.717, 1.165) is 39.1 Å². The third-order valence-electron chi connectivity index (χ3n) is 6.27. The van der Waals surface area contributed by atoms with Crippen LogP contribution in [0.4, 0.5) is 0 Å². The number of ether oxygens (including phenoxy) is 12. The molecule has 0 aromatic heterocycles. The normalized spacial score (nSPS) is 14.2. The molecule has 0 aromatic carbocycles. The molecule has 1 N–H and O–H groups in total. The summed E-state index contributed by atoms with van der Waals surface area (Å²) in [4.78, 5) is 2.08. The Kier molecular flexibility index (Phi) is 34.2. The predicted octanol–water partition coefficient (Wildman–Crippen LogP) is 0.499. The van der Waals surface area contributed by atoms with Gasteiger partial charge in [0.1, 0.15) is 0 Å². The molecule has 1 aliphatic rings. The molecule has 0 aromatic rings. The molecule has 14 heteroatoms. The molecule has 270 valence electrons. The van der Waals surface area contributed by atoms with E-state index in [0.29, 0.717) is 151 Å². The fourth-order valence-corrected chi connectivity index (χ4v) is 3.78. The van der Waals surface area contributed by atoms with Gasteiger partial charge >= 0.3 is 0 Å². The van der Waals surface area contributed by atoms with Gasteiger partial charge in [-0.05, 0) is 40.0 Å². The van der Waals surface area contributed by atoms with Crippen molar-refractivity contribution >= 4 is 0 Å². The number of rotatable bonds is 37. The van der Waals surface area contributed by atoms with Crippen LogP contribution in [0.25, 0.3) is 0 Å². The molecule has 1 fully saturated rings. The van der Waals surface area contributed by atoms with Gasteiger partial charge in [-0.15, -0.1) is 0 Å². The van der Waals surface area contributed by atoms with Crippen LogP contribution in [0, 0.1) is 0 Å². The summed E-state index contributed by atoms with van der Waals surface area (Å²) in [5, 5.41) is 3.33. The van der Waals surface area contributed by atoms with Crippen molar-refractivity contribution in [3.8, 4) is 0 Å². The molecule has 1 rings (SSSR count). The highest BCUT2D eigenvalue weighted by Crippen LogP contribution is 2.06. The maximum Gasteiger partial charge on any atom is 0.0704 e. The second kappa shape index (κ2) is 36.3. The number of nitrogens with zero attached hydrogens (tertiary/aromatic N) is 1. The van der Waals surface area contributed by atoms with Crippen LogP contribution in [0.2, 0.25) is 0 Å². The molecule has 0 bridgehead atoms. The summed E-state index contributed by atoms with van der Waals surface area (Å²) in [6.07, 6.45) is 2.54. The van der Waals surface area contributed by atoms with E-state index in [-0.39, 0.29) is 0 Å². The maximum absolute atomic E-state index is 5.79. The number of nitrogens with one attached hydrogen (secondary N) is 1. The van der Waals surface area contributed by atoms with Crippen molar-refractivity contribution in [1.29, 1.82) is 0 Å². The molecule has 1 aliphatic heterocycles. The molecule has 0 spiro atoms. The number of likely N-dealkylation sites (N-methyl/N-ethyl adjacent to an activating group) is 1. The van der Waals surface area contributed by atoms with E-state index in [1.165, 1.54) is 0 Å². The van der Waals surface area contributed by atoms with E-state index in [9.17, 15) is 0 Å².